The molecule has 160 valence electrons. The number of amides is 1. The van der Waals surface area contributed by atoms with Gasteiger partial charge < -0.3 is 9.84 Å². The van der Waals surface area contributed by atoms with Crippen LogP contribution in [0, 0.1) is 16.0 Å². The van der Waals surface area contributed by atoms with Gasteiger partial charge in [-0.2, -0.15) is 0 Å². The molecule has 1 saturated heterocycles. The summed E-state index contributed by atoms with van der Waals surface area (Å²) in [6.07, 6.45) is 0.848. The number of carbonyl (C=O) groups is 2. The number of benzene rings is 2. The predicted molar refractivity (Wildman–Crippen MR) is 114 cm³/mol. The first-order chi connectivity index (χ1) is 14.8. The molecule has 0 aliphatic carbocycles. The van der Waals surface area contributed by atoms with Gasteiger partial charge in [-0.05, 0) is 36.2 Å². The van der Waals surface area contributed by atoms with Crippen LogP contribution in [-0.4, -0.2) is 31.7 Å². The van der Waals surface area contributed by atoms with Gasteiger partial charge in [-0.25, -0.2) is 4.79 Å². The maximum Gasteiger partial charge on any atom is 0.357 e. The predicted octanol–water partition coefficient (Wildman–Crippen LogP) is 4.43. The summed E-state index contributed by atoms with van der Waals surface area (Å²) < 4.78 is 5.86. The van der Waals surface area contributed by atoms with Crippen molar-refractivity contribution in [3.05, 3.63) is 80.0 Å². The van der Waals surface area contributed by atoms with Crippen LogP contribution in [0.1, 0.15) is 18.9 Å². The fourth-order valence-corrected chi connectivity index (χ4v) is 5.74. The van der Waals surface area contributed by atoms with E-state index in [9.17, 15) is 24.8 Å². The summed E-state index contributed by atoms with van der Waals surface area (Å²) in [5.41, 5.74) is 0.521. The number of aliphatic carboxylic acids is 1. The van der Waals surface area contributed by atoms with Crippen molar-refractivity contribution in [3.8, 4) is 5.75 Å². The van der Waals surface area contributed by atoms with Gasteiger partial charge in [-0.1, -0.05) is 42.4 Å². The highest BCUT2D eigenvalue weighted by atomic mass is 35.5. The normalized spacial score (nSPS) is 22.2. The van der Waals surface area contributed by atoms with Crippen molar-refractivity contribution >= 4 is 40.9 Å². The van der Waals surface area contributed by atoms with Gasteiger partial charge >= 0.3 is 5.97 Å². The van der Waals surface area contributed by atoms with E-state index in [1.165, 1.54) is 28.8 Å². The Morgan fingerprint density at radius 1 is 1.26 bits per heavy atom. The number of nitro groups is 1. The van der Waals surface area contributed by atoms with Crippen molar-refractivity contribution in [2.45, 2.75) is 24.6 Å². The van der Waals surface area contributed by atoms with Gasteiger partial charge in [0.2, 0.25) is 5.91 Å². The van der Waals surface area contributed by atoms with E-state index in [-0.39, 0.29) is 22.4 Å². The third kappa shape index (κ3) is 3.53. The first-order valence-electron chi connectivity index (χ1n) is 9.44. The molecule has 1 fully saturated rings. The molecule has 2 heterocycles. The lowest BCUT2D eigenvalue weighted by molar-refractivity contribution is -0.384. The molecule has 31 heavy (non-hydrogen) atoms. The number of carboxylic acid groups (broad SMARTS) is 1. The van der Waals surface area contributed by atoms with E-state index >= 15 is 0 Å². The maximum absolute atomic E-state index is 12.8. The van der Waals surface area contributed by atoms with E-state index in [1.807, 2.05) is 6.92 Å². The highest BCUT2D eigenvalue weighted by Crippen LogP contribution is 2.60. The second-order valence-electron chi connectivity index (χ2n) is 7.18. The number of carbonyl (C=O) groups excluding carboxylic acids is 1. The van der Waals surface area contributed by atoms with Crippen molar-refractivity contribution in [2.24, 2.45) is 5.92 Å². The van der Waals surface area contributed by atoms with Crippen LogP contribution in [0.2, 0.25) is 5.02 Å². The zero-order chi connectivity index (χ0) is 22.3. The molecule has 0 bridgehead atoms. The van der Waals surface area contributed by atoms with Crippen LogP contribution in [0.5, 0.6) is 5.75 Å². The monoisotopic (exact) mass is 460 g/mol. The van der Waals surface area contributed by atoms with Gasteiger partial charge in [0.1, 0.15) is 10.6 Å². The SMILES string of the molecule is CCC1C(=O)N2C(C(=O)O)=C(Oc3ccc(Cl)cc3)SC12Cc1ccc([N+](=O)[O-])cc1. The average Bonchev–Trinajstić information content (AvgIpc) is 3.00. The molecule has 0 spiro atoms. The highest BCUT2D eigenvalue weighted by Gasteiger charge is 2.67. The summed E-state index contributed by atoms with van der Waals surface area (Å²) in [6.45, 7) is 1.87. The fourth-order valence-electron chi connectivity index (χ4n) is 3.96. The number of nitro benzene ring substituents is 1. The second kappa shape index (κ2) is 7.90. The number of nitrogens with zero attached hydrogens (tertiary/aromatic N) is 2. The average molecular weight is 461 g/mol. The van der Waals surface area contributed by atoms with Crippen LogP contribution in [0.3, 0.4) is 0 Å². The maximum atomic E-state index is 12.8. The summed E-state index contributed by atoms with van der Waals surface area (Å²) in [7, 11) is 0. The van der Waals surface area contributed by atoms with Crippen LogP contribution in [0.25, 0.3) is 0 Å². The molecule has 2 aliphatic heterocycles. The molecule has 10 heteroatoms. The van der Waals surface area contributed by atoms with E-state index in [1.54, 1.807) is 36.4 Å². The fraction of sp³-hybridized carbons (Fsp3) is 0.238. The molecule has 8 nitrogen and oxygen atoms in total. The number of halogens is 1. The Labute approximate surface area is 186 Å². The number of fused-ring (bicyclic) bond motifs is 1. The first kappa shape index (κ1) is 21.2. The Hall–Kier alpha value is -3.04. The molecule has 0 aromatic heterocycles. The molecule has 2 aliphatic rings. The molecule has 2 atom stereocenters. The zero-order valence-electron chi connectivity index (χ0n) is 16.3. The van der Waals surface area contributed by atoms with E-state index in [0.717, 1.165) is 5.56 Å². The van der Waals surface area contributed by atoms with Crippen LogP contribution < -0.4 is 4.74 Å². The smallest absolute Gasteiger partial charge is 0.357 e. The Balaban J connectivity index is 1.69. The molecular formula is C21H17ClN2O6S. The summed E-state index contributed by atoms with van der Waals surface area (Å²) >= 11 is 7.10. The molecule has 0 saturated carbocycles. The van der Waals surface area contributed by atoms with Crippen molar-refractivity contribution in [1.82, 2.24) is 4.90 Å². The molecule has 1 amide bonds. The largest absolute Gasteiger partial charge is 0.476 e. The minimum absolute atomic E-state index is 0.0370. The van der Waals surface area contributed by atoms with Crippen LogP contribution >= 0.6 is 23.4 Å². The lowest BCUT2D eigenvalue weighted by atomic mass is 9.80. The van der Waals surface area contributed by atoms with Crippen molar-refractivity contribution < 1.29 is 24.4 Å². The number of hydrogen-bond acceptors (Lipinski definition) is 6. The van der Waals surface area contributed by atoms with Gasteiger partial charge in [-0.15, -0.1) is 0 Å². The number of ether oxygens (including phenoxy) is 1. The Morgan fingerprint density at radius 3 is 2.45 bits per heavy atom. The summed E-state index contributed by atoms with van der Waals surface area (Å²) in [5, 5.41) is 21.4. The molecule has 0 radical (unpaired) electrons. The van der Waals surface area contributed by atoms with Gasteiger partial charge in [0.15, 0.2) is 10.8 Å². The van der Waals surface area contributed by atoms with Crippen LogP contribution in [-0.2, 0) is 16.0 Å². The zero-order valence-corrected chi connectivity index (χ0v) is 17.9. The summed E-state index contributed by atoms with van der Waals surface area (Å²) in [4.78, 5) is 35.8. The lowest BCUT2D eigenvalue weighted by Crippen LogP contribution is -2.67. The van der Waals surface area contributed by atoms with Gasteiger partial charge in [0.05, 0.1) is 10.8 Å². The quantitative estimate of drug-likeness (QED) is 0.369. The third-order valence-electron chi connectivity index (χ3n) is 5.37. The van der Waals surface area contributed by atoms with Crippen LogP contribution in [0.4, 0.5) is 5.69 Å². The first-order valence-corrected chi connectivity index (χ1v) is 10.6. The van der Waals surface area contributed by atoms with Crippen molar-refractivity contribution in [3.63, 3.8) is 0 Å². The Morgan fingerprint density at radius 2 is 1.90 bits per heavy atom. The number of thioether (sulfide) groups is 1. The minimum Gasteiger partial charge on any atom is -0.476 e. The number of β-lactam (4-membered cyclic amide) rings is 1. The standard InChI is InChI=1S/C21H17ClN2O6S/c1-2-16-18(25)23-17(19(26)27)20(30-15-9-5-13(22)6-10-15)31-21(16,23)11-12-3-7-14(8-4-12)24(28)29/h3-10,16H,2,11H2,1H3,(H,26,27). The van der Waals surface area contributed by atoms with E-state index in [0.29, 0.717) is 23.6 Å². The topological polar surface area (TPSA) is 110 Å². The molecule has 4 rings (SSSR count). The molecule has 2 aromatic carbocycles. The molecule has 1 N–H and O–H groups in total. The number of non-ortho nitro benzene ring substituents is 1. The van der Waals surface area contributed by atoms with Crippen molar-refractivity contribution in [1.29, 1.82) is 0 Å². The Bertz CT molecular complexity index is 1100. The highest BCUT2D eigenvalue weighted by molar-refractivity contribution is 8.04. The second-order valence-corrected chi connectivity index (χ2v) is 8.90. The van der Waals surface area contributed by atoms with Gasteiger partial charge in [-0.3, -0.25) is 19.8 Å². The minimum atomic E-state index is -1.26. The lowest BCUT2D eigenvalue weighted by Gasteiger charge is -2.53. The van der Waals surface area contributed by atoms with Gasteiger partial charge in [0, 0.05) is 23.6 Å². The number of hydrogen-bond donors (Lipinski definition) is 1. The third-order valence-corrected chi connectivity index (χ3v) is 7.05. The van der Waals surface area contributed by atoms with E-state index in [4.69, 9.17) is 16.3 Å². The van der Waals surface area contributed by atoms with E-state index in [2.05, 4.69) is 0 Å². The van der Waals surface area contributed by atoms with Gasteiger partial charge in [0.25, 0.3) is 5.69 Å². The van der Waals surface area contributed by atoms with E-state index < -0.39 is 21.7 Å². The molecule has 2 unspecified atom stereocenters. The van der Waals surface area contributed by atoms with Crippen molar-refractivity contribution in [2.75, 3.05) is 0 Å². The number of rotatable bonds is 7. The Kier molecular flexibility index (Phi) is 5.40. The summed E-state index contributed by atoms with van der Waals surface area (Å²) in [5.74, 6) is -1.54. The number of carboxylic acids is 1. The molecule has 2 aromatic rings. The summed E-state index contributed by atoms with van der Waals surface area (Å²) in [6, 6.07) is 12.5. The molecular weight excluding hydrogens is 444 g/mol. The van der Waals surface area contributed by atoms with Crippen LogP contribution in [0.15, 0.2) is 59.3 Å².